The van der Waals surface area contributed by atoms with Gasteiger partial charge in [-0.1, -0.05) is 32.4 Å². The van der Waals surface area contributed by atoms with Crippen LogP contribution in [0.25, 0.3) is 0 Å². The third-order valence-corrected chi connectivity index (χ3v) is 4.54. The van der Waals surface area contributed by atoms with Gasteiger partial charge in [-0.05, 0) is 42.4 Å². The summed E-state index contributed by atoms with van der Waals surface area (Å²) < 4.78 is 0. The van der Waals surface area contributed by atoms with Crippen LogP contribution in [0.1, 0.15) is 38.7 Å². The van der Waals surface area contributed by atoms with Gasteiger partial charge in [-0.25, -0.2) is 0 Å². The summed E-state index contributed by atoms with van der Waals surface area (Å²) in [5.41, 5.74) is 2.65. The first-order valence-corrected chi connectivity index (χ1v) is 7.57. The molecule has 0 aliphatic heterocycles. The fourth-order valence-corrected chi connectivity index (χ4v) is 3.23. The number of benzene rings is 1. The largest absolute Gasteiger partial charge is 0.378 e. The number of hydrogen-bond donors (Lipinski definition) is 1. The number of rotatable bonds is 4. The van der Waals surface area contributed by atoms with Crippen LogP contribution >= 0.6 is 0 Å². The predicted molar refractivity (Wildman–Crippen MR) is 83.6 cm³/mol. The smallest absolute Gasteiger partial charge is 0.0361 e. The Hall–Kier alpha value is -1.02. The second kappa shape index (κ2) is 6.42. The molecule has 1 saturated carbocycles. The fourth-order valence-electron chi connectivity index (χ4n) is 3.23. The highest BCUT2D eigenvalue weighted by molar-refractivity contribution is 5.45. The van der Waals surface area contributed by atoms with Gasteiger partial charge in [0.2, 0.25) is 0 Å². The molecule has 0 spiro atoms. The summed E-state index contributed by atoms with van der Waals surface area (Å²) in [7, 11) is 4.16. The molecule has 106 valence electrons. The Labute approximate surface area is 118 Å². The van der Waals surface area contributed by atoms with Crippen molar-refractivity contribution < 1.29 is 0 Å². The number of anilines is 1. The number of hydrogen-bond acceptors (Lipinski definition) is 2. The first kappa shape index (κ1) is 14.4. The van der Waals surface area contributed by atoms with Crippen LogP contribution in [0, 0.1) is 11.8 Å². The quantitative estimate of drug-likeness (QED) is 0.888. The molecule has 2 atom stereocenters. The molecule has 2 heteroatoms. The van der Waals surface area contributed by atoms with Crippen molar-refractivity contribution in [2.75, 3.05) is 19.0 Å². The first-order chi connectivity index (χ1) is 9.08. The lowest BCUT2D eigenvalue weighted by Crippen LogP contribution is -2.42. The molecule has 0 bridgehead atoms. The van der Waals surface area contributed by atoms with Gasteiger partial charge in [0.05, 0.1) is 0 Å². The maximum Gasteiger partial charge on any atom is 0.0361 e. The van der Waals surface area contributed by atoms with Gasteiger partial charge in [-0.3, -0.25) is 0 Å². The molecule has 1 aromatic rings. The molecule has 0 amide bonds. The van der Waals surface area contributed by atoms with Crippen molar-refractivity contribution in [2.45, 2.75) is 45.7 Å². The van der Waals surface area contributed by atoms with Gasteiger partial charge in [0.1, 0.15) is 0 Å². The lowest BCUT2D eigenvalue weighted by atomic mass is 9.78. The molecule has 1 aliphatic rings. The summed E-state index contributed by atoms with van der Waals surface area (Å²) in [6.07, 6.45) is 4.15. The van der Waals surface area contributed by atoms with Crippen molar-refractivity contribution >= 4 is 5.69 Å². The van der Waals surface area contributed by atoms with Gasteiger partial charge in [0.25, 0.3) is 0 Å². The van der Waals surface area contributed by atoms with E-state index in [1.807, 2.05) is 0 Å². The maximum absolute atomic E-state index is 3.77. The zero-order chi connectivity index (χ0) is 13.8. The van der Waals surface area contributed by atoms with E-state index in [1.165, 1.54) is 30.5 Å². The van der Waals surface area contributed by atoms with Crippen LogP contribution in [-0.4, -0.2) is 20.1 Å². The molecule has 2 rings (SSSR count). The molecular weight excluding hydrogens is 232 g/mol. The van der Waals surface area contributed by atoms with Gasteiger partial charge in [-0.15, -0.1) is 0 Å². The molecule has 1 N–H and O–H groups in total. The van der Waals surface area contributed by atoms with Gasteiger partial charge >= 0.3 is 0 Å². The lowest BCUT2D eigenvalue weighted by Gasteiger charge is -2.35. The average molecular weight is 260 g/mol. The molecule has 19 heavy (non-hydrogen) atoms. The zero-order valence-electron chi connectivity index (χ0n) is 12.8. The van der Waals surface area contributed by atoms with Crippen LogP contribution in [0.15, 0.2) is 24.3 Å². The minimum atomic E-state index is 0.683. The zero-order valence-corrected chi connectivity index (χ0v) is 12.8. The molecule has 1 aliphatic carbocycles. The van der Waals surface area contributed by atoms with Crippen molar-refractivity contribution in [1.29, 1.82) is 0 Å². The van der Waals surface area contributed by atoms with Gasteiger partial charge in [0, 0.05) is 32.4 Å². The van der Waals surface area contributed by atoms with E-state index in [9.17, 15) is 0 Å². The van der Waals surface area contributed by atoms with Crippen LogP contribution < -0.4 is 10.2 Å². The van der Waals surface area contributed by atoms with E-state index in [0.717, 1.165) is 18.4 Å². The molecule has 0 aromatic heterocycles. The molecule has 0 saturated heterocycles. The van der Waals surface area contributed by atoms with Crippen molar-refractivity contribution in [3.05, 3.63) is 29.8 Å². The Bertz CT molecular complexity index is 373. The summed E-state index contributed by atoms with van der Waals surface area (Å²) in [4.78, 5) is 2.14. The predicted octanol–water partition coefficient (Wildman–Crippen LogP) is 3.67. The van der Waals surface area contributed by atoms with Crippen molar-refractivity contribution in [1.82, 2.24) is 5.32 Å². The highest BCUT2D eigenvalue weighted by Crippen LogP contribution is 2.29. The van der Waals surface area contributed by atoms with Gasteiger partial charge < -0.3 is 10.2 Å². The van der Waals surface area contributed by atoms with E-state index in [0.29, 0.717) is 6.04 Å². The Morgan fingerprint density at radius 2 is 1.63 bits per heavy atom. The Kier molecular flexibility index (Phi) is 4.87. The minimum Gasteiger partial charge on any atom is -0.378 e. The van der Waals surface area contributed by atoms with Crippen LogP contribution in [0.5, 0.6) is 0 Å². The van der Waals surface area contributed by atoms with Crippen molar-refractivity contribution in [3.8, 4) is 0 Å². The number of nitrogens with zero attached hydrogens (tertiary/aromatic N) is 1. The van der Waals surface area contributed by atoms with Gasteiger partial charge in [0.15, 0.2) is 0 Å². The van der Waals surface area contributed by atoms with Gasteiger partial charge in [-0.2, -0.15) is 0 Å². The van der Waals surface area contributed by atoms with Crippen molar-refractivity contribution in [2.24, 2.45) is 11.8 Å². The normalized spacial score (nSPS) is 27.3. The lowest BCUT2D eigenvalue weighted by molar-refractivity contribution is 0.207. The Morgan fingerprint density at radius 1 is 1.05 bits per heavy atom. The summed E-state index contributed by atoms with van der Waals surface area (Å²) >= 11 is 0. The second-order valence-corrected chi connectivity index (χ2v) is 6.35. The van der Waals surface area contributed by atoms with E-state index < -0.39 is 0 Å². The van der Waals surface area contributed by atoms with Crippen LogP contribution in [-0.2, 0) is 6.54 Å². The molecule has 0 heterocycles. The second-order valence-electron chi connectivity index (χ2n) is 6.35. The fraction of sp³-hybridized carbons (Fsp3) is 0.647. The SMILES string of the molecule is CC1CCCC(C)C1NCc1ccc(N(C)C)cc1. The molecule has 1 fully saturated rings. The minimum absolute atomic E-state index is 0.683. The van der Waals surface area contributed by atoms with E-state index >= 15 is 0 Å². The molecular formula is C17H28N2. The summed E-state index contributed by atoms with van der Waals surface area (Å²) in [5, 5.41) is 3.77. The van der Waals surface area contributed by atoms with Crippen LogP contribution in [0.3, 0.4) is 0 Å². The van der Waals surface area contributed by atoms with Crippen molar-refractivity contribution in [3.63, 3.8) is 0 Å². The van der Waals surface area contributed by atoms with E-state index in [1.54, 1.807) is 0 Å². The Morgan fingerprint density at radius 3 is 2.16 bits per heavy atom. The third kappa shape index (κ3) is 3.73. The van der Waals surface area contributed by atoms with E-state index in [4.69, 9.17) is 0 Å². The first-order valence-electron chi connectivity index (χ1n) is 7.57. The molecule has 2 unspecified atom stereocenters. The van der Waals surface area contributed by atoms with Crippen LogP contribution in [0.4, 0.5) is 5.69 Å². The molecule has 1 aromatic carbocycles. The summed E-state index contributed by atoms with van der Waals surface area (Å²) in [6.45, 7) is 5.78. The Balaban J connectivity index is 1.90. The summed E-state index contributed by atoms with van der Waals surface area (Å²) in [5.74, 6) is 1.62. The molecule has 2 nitrogen and oxygen atoms in total. The van der Waals surface area contributed by atoms with E-state index in [2.05, 4.69) is 62.4 Å². The topological polar surface area (TPSA) is 15.3 Å². The monoisotopic (exact) mass is 260 g/mol. The maximum atomic E-state index is 3.77. The highest BCUT2D eigenvalue weighted by Gasteiger charge is 2.26. The van der Waals surface area contributed by atoms with Crippen LogP contribution in [0.2, 0.25) is 0 Å². The third-order valence-electron chi connectivity index (χ3n) is 4.54. The number of nitrogens with one attached hydrogen (secondary N) is 1. The average Bonchev–Trinajstić information content (AvgIpc) is 2.38. The standard InChI is InChI=1S/C17H28N2/c1-13-6-5-7-14(2)17(13)18-12-15-8-10-16(11-9-15)19(3)4/h8-11,13-14,17-18H,5-7,12H2,1-4H3. The van der Waals surface area contributed by atoms with E-state index in [-0.39, 0.29) is 0 Å². The highest BCUT2D eigenvalue weighted by atomic mass is 15.1. The summed E-state index contributed by atoms with van der Waals surface area (Å²) in [6, 6.07) is 9.55. The molecule has 0 radical (unpaired) electrons.